The first-order chi connectivity index (χ1) is 6.15. The molecule has 0 amide bonds. The molecule has 0 unspecified atom stereocenters. The van der Waals surface area contributed by atoms with Crippen LogP contribution in [0.4, 0.5) is 0 Å². The van der Waals surface area contributed by atoms with Gasteiger partial charge in [0.2, 0.25) is 0 Å². The Balaban J connectivity index is -0.000000209. The molecule has 0 aliphatic heterocycles. The largest absolute Gasteiger partial charge is 0.481 e. The van der Waals surface area contributed by atoms with Gasteiger partial charge in [-0.25, -0.2) is 0 Å². The summed E-state index contributed by atoms with van der Waals surface area (Å²) in [5.41, 5.74) is 0. The van der Waals surface area contributed by atoms with Gasteiger partial charge in [0.05, 0.1) is 13.2 Å². The monoisotopic (exact) mass is 258 g/mol. The zero-order chi connectivity index (χ0) is 10.5. The number of ether oxygens (including phenoxy) is 2. The first-order valence-electron chi connectivity index (χ1n) is 4.02. The zero-order valence-electron chi connectivity index (χ0n) is 8.86. The molecule has 0 saturated carbocycles. The summed E-state index contributed by atoms with van der Waals surface area (Å²) in [6.07, 6.45) is 0.712. The maximum atomic E-state index is 9.00. The van der Waals surface area contributed by atoms with E-state index in [0.717, 1.165) is 6.92 Å². The SMILES string of the molecule is CC(=O)O.COCCOCCCO.[Zn]. The standard InChI is InChI=1S/C6H14O3.C2H4O2.Zn/c1-8-5-6-9-4-2-3-7;1-2(3)4;/h7H,2-6H2,1H3;1H3,(H,3,4);. The summed E-state index contributed by atoms with van der Waals surface area (Å²) in [5.74, 6) is -0.833. The molecule has 0 heterocycles. The molecule has 0 aliphatic rings. The Morgan fingerprint density at radius 3 is 2.14 bits per heavy atom. The second-order valence-electron chi connectivity index (χ2n) is 2.20. The minimum atomic E-state index is -0.833. The number of hydrogen-bond acceptors (Lipinski definition) is 4. The molecule has 0 radical (unpaired) electrons. The maximum absolute atomic E-state index is 9.00. The number of rotatable bonds is 6. The van der Waals surface area contributed by atoms with E-state index < -0.39 is 5.97 Å². The van der Waals surface area contributed by atoms with Crippen molar-refractivity contribution in [2.45, 2.75) is 13.3 Å². The Kier molecular flexibility index (Phi) is 26.1. The van der Waals surface area contributed by atoms with Gasteiger partial charge in [-0.2, -0.15) is 0 Å². The van der Waals surface area contributed by atoms with Crippen molar-refractivity contribution in [2.75, 3.05) is 33.5 Å². The van der Waals surface area contributed by atoms with E-state index in [4.69, 9.17) is 24.5 Å². The molecule has 0 fully saturated rings. The summed E-state index contributed by atoms with van der Waals surface area (Å²) >= 11 is 0. The molecular formula is C8H18O5Zn. The van der Waals surface area contributed by atoms with Gasteiger partial charge in [-0.3, -0.25) is 4.79 Å². The van der Waals surface area contributed by atoms with Crippen LogP contribution in [0.15, 0.2) is 0 Å². The first-order valence-corrected chi connectivity index (χ1v) is 4.02. The van der Waals surface area contributed by atoms with Gasteiger partial charge < -0.3 is 19.7 Å². The molecule has 0 aromatic heterocycles. The number of aliphatic hydroxyl groups excluding tert-OH is 1. The fourth-order valence-corrected chi connectivity index (χ4v) is 0.411. The van der Waals surface area contributed by atoms with E-state index in [1.54, 1.807) is 7.11 Å². The van der Waals surface area contributed by atoms with E-state index in [-0.39, 0.29) is 26.1 Å². The molecule has 0 bridgehead atoms. The third-order valence-corrected chi connectivity index (χ3v) is 0.879. The maximum Gasteiger partial charge on any atom is 0.300 e. The number of carboxylic acids is 1. The van der Waals surface area contributed by atoms with Gasteiger partial charge in [-0.1, -0.05) is 0 Å². The van der Waals surface area contributed by atoms with Crippen molar-refractivity contribution in [3.8, 4) is 0 Å². The number of aliphatic carboxylic acids is 1. The van der Waals surface area contributed by atoms with Crippen LogP contribution in [0.2, 0.25) is 0 Å². The zero-order valence-corrected chi connectivity index (χ0v) is 11.8. The van der Waals surface area contributed by atoms with Gasteiger partial charge in [-0.05, 0) is 6.42 Å². The summed E-state index contributed by atoms with van der Waals surface area (Å²) in [6.45, 7) is 3.16. The first kappa shape index (κ1) is 19.5. The van der Waals surface area contributed by atoms with Gasteiger partial charge in [0.1, 0.15) is 0 Å². The van der Waals surface area contributed by atoms with Crippen LogP contribution in [-0.2, 0) is 33.7 Å². The van der Waals surface area contributed by atoms with Crippen molar-refractivity contribution in [2.24, 2.45) is 0 Å². The molecule has 0 aliphatic carbocycles. The van der Waals surface area contributed by atoms with Gasteiger partial charge in [0.15, 0.2) is 0 Å². The Morgan fingerprint density at radius 1 is 1.29 bits per heavy atom. The number of carboxylic acid groups (broad SMARTS) is 1. The number of aliphatic hydroxyl groups is 1. The van der Waals surface area contributed by atoms with Crippen LogP contribution < -0.4 is 0 Å². The van der Waals surface area contributed by atoms with Gasteiger partial charge in [0, 0.05) is 46.7 Å². The van der Waals surface area contributed by atoms with Crippen LogP contribution in [0.25, 0.3) is 0 Å². The van der Waals surface area contributed by atoms with Gasteiger partial charge in [-0.15, -0.1) is 0 Å². The third kappa shape index (κ3) is 40.4. The van der Waals surface area contributed by atoms with E-state index in [0.29, 0.717) is 26.2 Å². The molecule has 0 saturated heterocycles. The summed E-state index contributed by atoms with van der Waals surface area (Å²) < 4.78 is 9.76. The molecule has 0 aromatic rings. The summed E-state index contributed by atoms with van der Waals surface area (Å²) in [5, 5.41) is 15.7. The fourth-order valence-electron chi connectivity index (χ4n) is 0.411. The van der Waals surface area contributed by atoms with Crippen LogP contribution in [0, 0.1) is 0 Å². The van der Waals surface area contributed by atoms with E-state index in [1.165, 1.54) is 0 Å². The molecule has 0 atom stereocenters. The van der Waals surface area contributed by atoms with Crippen LogP contribution in [0.1, 0.15) is 13.3 Å². The quantitative estimate of drug-likeness (QED) is 0.523. The summed E-state index contributed by atoms with van der Waals surface area (Å²) in [4.78, 5) is 9.00. The molecule has 0 spiro atoms. The average molecular weight is 260 g/mol. The van der Waals surface area contributed by atoms with Crippen molar-refractivity contribution in [1.29, 1.82) is 0 Å². The van der Waals surface area contributed by atoms with Crippen LogP contribution in [0.3, 0.4) is 0 Å². The van der Waals surface area contributed by atoms with Crippen molar-refractivity contribution < 1.29 is 44.0 Å². The van der Waals surface area contributed by atoms with Crippen molar-refractivity contribution in [3.05, 3.63) is 0 Å². The van der Waals surface area contributed by atoms with E-state index >= 15 is 0 Å². The minimum Gasteiger partial charge on any atom is -0.481 e. The van der Waals surface area contributed by atoms with Crippen molar-refractivity contribution in [1.82, 2.24) is 0 Å². The van der Waals surface area contributed by atoms with E-state index in [2.05, 4.69) is 0 Å². The molecule has 5 nitrogen and oxygen atoms in total. The topological polar surface area (TPSA) is 76.0 Å². The van der Waals surface area contributed by atoms with Crippen LogP contribution in [-0.4, -0.2) is 49.7 Å². The molecule has 2 N–H and O–H groups in total. The molecular weight excluding hydrogens is 241 g/mol. The summed E-state index contributed by atoms with van der Waals surface area (Å²) in [7, 11) is 1.63. The van der Waals surface area contributed by atoms with E-state index in [1.807, 2.05) is 0 Å². The van der Waals surface area contributed by atoms with Crippen molar-refractivity contribution >= 4 is 5.97 Å². The fraction of sp³-hybridized carbons (Fsp3) is 0.875. The molecule has 14 heavy (non-hydrogen) atoms. The Hall–Kier alpha value is -0.0266. The smallest absolute Gasteiger partial charge is 0.300 e. The predicted octanol–water partition coefficient (Wildman–Crippen LogP) is 0.120. The number of carbonyl (C=O) groups is 1. The second kappa shape index (κ2) is 18.7. The molecule has 6 heteroatoms. The molecule has 0 aromatic carbocycles. The van der Waals surface area contributed by atoms with Gasteiger partial charge in [0.25, 0.3) is 5.97 Å². The van der Waals surface area contributed by atoms with E-state index in [9.17, 15) is 0 Å². The molecule has 82 valence electrons. The van der Waals surface area contributed by atoms with Crippen molar-refractivity contribution in [3.63, 3.8) is 0 Å². The molecule has 0 rings (SSSR count). The van der Waals surface area contributed by atoms with Crippen LogP contribution in [0.5, 0.6) is 0 Å². The number of methoxy groups -OCH3 is 1. The van der Waals surface area contributed by atoms with Gasteiger partial charge >= 0.3 is 0 Å². The Morgan fingerprint density at radius 2 is 1.79 bits per heavy atom. The second-order valence-corrected chi connectivity index (χ2v) is 2.20. The summed E-state index contributed by atoms with van der Waals surface area (Å²) in [6, 6.07) is 0. The Bertz CT molecular complexity index is 99.9. The number of hydrogen-bond donors (Lipinski definition) is 2. The normalized spacial score (nSPS) is 8.21. The average Bonchev–Trinajstić information content (AvgIpc) is 2.03. The Labute approximate surface area is 97.2 Å². The predicted molar refractivity (Wildman–Crippen MR) is 47.7 cm³/mol. The van der Waals surface area contributed by atoms with Crippen LogP contribution >= 0.6 is 0 Å². The minimum absolute atomic E-state index is 0. The third-order valence-electron chi connectivity index (χ3n) is 0.879.